The summed E-state index contributed by atoms with van der Waals surface area (Å²) < 4.78 is 4.66. The summed E-state index contributed by atoms with van der Waals surface area (Å²) in [6.45, 7) is 9.75. The van der Waals surface area contributed by atoms with E-state index in [-0.39, 0.29) is 23.2 Å². The summed E-state index contributed by atoms with van der Waals surface area (Å²) in [6, 6.07) is 0. The molecule has 1 amide bonds. The van der Waals surface area contributed by atoms with Gasteiger partial charge >= 0.3 is 5.97 Å². The van der Waals surface area contributed by atoms with Crippen LogP contribution in [0.1, 0.15) is 27.2 Å². The van der Waals surface area contributed by atoms with Crippen molar-refractivity contribution in [3.63, 3.8) is 0 Å². The number of amides is 1. The van der Waals surface area contributed by atoms with E-state index in [4.69, 9.17) is 5.73 Å². The smallest absolute Gasteiger partial charge is 0.319 e. The number of rotatable bonds is 5. The van der Waals surface area contributed by atoms with Crippen LogP contribution >= 0.6 is 0 Å². The molecule has 6 nitrogen and oxygen atoms in total. The fraction of sp³-hybridized carbons (Fsp3) is 0.867. The molecule has 21 heavy (non-hydrogen) atoms. The summed E-state index contributed by atoms with van der Waals surface area (Å²) in [6.07, 6.45) is 0.796. The Morgan fingerprint density at radius 2 is 1.76 bits per heavy atom. The number of ether oxygens (including phenoxy) is 1. The Bertz CT molecular complexity index is 358. The molecule has 0 radical (unpaired) electrons. The maximum absolute atomic E-state index is 12.5. The lowest BCUT2D eigenvalue weighted by Gasteiger charge is -2.36. The van der Waals surface area contributed by atoms with Gasteiger partial charge in [-0.2, -0.15) is 0 Å². The SMILES string of the molecule is COC(=O)CN1CCN(C(=O)C(CN)CC(C)(C)C)CC1. The van der Waals surface area contributed by atoms with Crippen molar-refractivity contribution in [2.24, 2.45) is 17.1 Å². The molecular weight excluding hydrogens is 270 g/mol. The van der Waals surface area contributed by atoms with Crippen LogP contribution in [0.5, 0.6) is 0 Å². The molecule has 6 heteroatoms. The van der Waals surface area contributed by atoms with Crippen molar-refractivity contribution in [2.75, 3.05) is 46.4 Å². The Balaban J connectivity index is 2.48. The number of methoxy groups -OCH3 is 1. The van der Waals surface area contributed by atoms with E-state index in [0.717, 1.165) is 6.42 Å². The Kier molecular flexibility index (Phi) is 6.61. The maximum atomic E-state index is 12.5. The van der Waals surface area contributed by atoms with E-state index < -0.39 is 0 Å². The number of piperazine rings is 1. The van der Waals surface area contributed by atoms with E-state index in [1.165, 1.54) is 7.11 Å². The third-order valence-corrected chi connectivity index (χ3v) is 3.76. The molecule has 1 fully saturated rings. The molecule has 1 saturated heterocycles. The minimum Gasteiger partial charge on any atom is -0.468 e. The molecule has 0 aromatic rings. The lowest BCUT2D eigenvalue weighted by Crippen LogP contribution is -2.52. The molecule has 0 saturated carbocycles. The van der Waals surface area contributed by atoms with Crippen molar-refractivity contribution < 1.29 is 14.3 Å². The minimum atomic E-state index is -0.234. The van der Waals surface area contributed by atoms with E-state index in [9.17, 15) is 9.59 Å². The predicted molar refractivity (Wildman–Crippen MR) is 81.7 cm³/mol. The van der Waals surface area contributed by atoms with Crippen molar-refractivity contribution in [3.05, 3.63) is 0 Å². The van der Waals surface area contributed by atoms with Crippen molar-refractivity contribution >= 4 is 11.9 Å². The molecule has 0 aromatic heterocycles. The largest absolute Gasteiger partial charge is 0.468 e. The van der Waals surface area contributed by atoms with Gasteiger partial charge in [-0.3, -0.25) is 14.5 Å². The van der Waals surface area contributed by atoms with E-state index in [0.29, 0.717) is 39.3 Å². The Morgan fingerprint density at radius 1 is 1.19 bits per heavy atom. The zero-order valence-electron chi connectivity index (χ0n) is 13.7. The van der Waals surface area contributed by atoms with Crippen LogP contribution in [0.25, 0.3) is 0 Å². The molecule has 2 N–H and O–H groups in total. The molecule has 1 rings (SSSR count). The van der Waals surface area contributed by atoms with Gasteiger partial charge < -0.3 is 15.4 Å². The molecule has 1 aliphatic rings. The zero-order valence-corrected chi connectivity index (χ0v) is 13.7. The fourth-order valence-electron chi connectivity index (χ4n) is 2.64. The third-order valence-electron chi connectivity index (χ3n) is 3.76. The van der Waals surface area contributed by atoms with Crippen molar-refractivity contribution in [1.29, 1.82) is 0 Å². The standard InChI is InChI=1S/C15H29N3O3/c1-15(2,3)9-12(10-16)14(20)18-7-5-17(6-8-18)11-13(19)21-4/h12H,5-11,16H2,1-4H3. The first kappa shape index (κ1) is 17.9. The molecule has 0 aromatic carbocycles. The summed E-state index contributed by atoms with van der Waals surface area (Å²) in [5, 5.41) is 0. The second-order valence-electron chi connectivity index (χ2n) is 6.87. The fourth-order valence-corrected chi connectivity index (χ4v) is 2.64. The molecular formula is C15H29N3O3. The monoisotopic (exact) mass is 299 g/mol. The lowest BCUT2D eigenvalue weighted by molar-refractivity contribution is -0.143. The van der Waals surface area contributed by atoms with Gasteiger partial charge in [0.15, 0.2) is 0 Å². The average Bonchev–Trinajstić information content (AvgIpc) is 2.43. The number of nitrogens with two attached hydrogens (primary N) is 1. The van der Waals surface area contributed by atoms with E-state index >= 15 is 0 Å². The Labute approximate surface area is 127 Å². The molecule has 0 bridgehead atoms. The van der Waals surface area contributed by atoms with Gasteiger partial charge in [-0.25, -0.2) is 0 Å². The van der Waals surface area contributed by atoms with Crippen LogP contribution < -0.4 is 5.73 Å². The highest BCUT2D eigenvalue weighted by molar-refractivity contribution is 5.79. The van der Waals surface area contributed by atoms with Crippen molar-refractivity contribution in [1.82, 2.24) is 9.80 Å². The van der Waals surface area contributed by atoms with Crippen LogP contribution in [-0.2, 0) is 14.3 Å². The van der Waals surface area contributed by atoms with Gasteiger partial charge in [0.25, 0.3) is 0 Å². The number of carbonyl (C=O) groups is 2. The first-order chi connectivity index (χ1) is 9.76. The van der Waals surface area contributed by atoms with E-state index in [1.54, 1.807) is 0 Å². The first-order valence-corrected chi connectivity index (χ1v) is 7.55. The number of esters is 1. The topological polar surface area (TPSA) is 75.9 Å². The highest BCUT2D eigenvalue weighted by Crippen LogP contribution is 2.25. The van der Waals surface area contributed by atoms with Crippen molar-refractivity contribution in [3.8, 4) is 0 Å². The van der Waals surface area contributed by atoms with Crippen molar-refractivity contribution in [2.45, 2.75) is 27.2 Å². The highest BCUT2D eigenvalue weighted by atomic mass is 16.5. The highest BCUT2D eigenvalue weighted by Gasteiger charge is 2.30. The molecule has 0 spiro atoms. The van der Waals surface area contributed by atoms with Gasteiger partial charge in [-0.15, -0.1) is 0 Å². The van der Waals surface area contributed by atoms with Gasteiger partial charge in [-0.1, -0.05) is 20.8 Å². The molecule has 122 valence electrons. The van der Waals surface area contributed by atoms with E-state index in [2.05, 4.69) is 25.5 Å². The van der Waals surface area contributed by atoms with Gasteiger partial charge in [0.1, 0.15) is 0 Å². The van der Waals surface area contributed by atoms with Gasteiger partial charge in [-0.05, 0) is 11.8 Å². The third kappa shape index (κ3) is 6.01. The van der Waals surface area contributed by atoms with Crippen LogP contribution in [0.15, 0.2) is 0 Å². The predicted octanol–water partition coefficient (Wildman–Crippen LogP) is 0.315. The molecule has 0 aliphatic carbocycles. The van der Waals surface area contributed by atoms with Crippen LogP contribution in [-0.4, -0.2) is 68.1 Å². The number of nitrogens with zero attached hydrogens (tertiary/aromatic N) is 2. The normalized spacial score (nSPS) is 18.4. The molecule has 1 aliphatic heterocycles. The first-order valence-electron chi connectivity index (χ1n) is 7.55. The quantitative estimate of drug-likeness (QED) is 0.740. The average molecular weight is 299 g/mol. The second kappa shape index (κ2) is 7.75. The summed E-state index contributed by atoms with van der Waals surface area (Å²) in [5.41, 5.74) is 5.87. The van der Waals surface area contributed by atoms with Gasteiger partial charge in [0.05, 0.1) is 19.6 Å². The van der Waals surface area contributed by atoms with Gasteiger partial charge in [0.2, 0.25) is 5.91 Å². The van der Waals surface area contributed by atoms with Crippen LogP contribution in [0.2, 0.25) is 0 Å². The number of hydrogen-bond donors (Lipinski definition) is 1. The summed E-state index contributed by atoms with van der Waals surface area (Å²) in [4.78, 5) is 27.7. The second-order valence-corrected chi connectivity index (χ2v) is 6.87. The Hall–Kier alpha value is -1.14. The molecule has 1 atom stereocenters. The van der Waals surface area contributed by atoms with Gasteiger partial charge in [0, 0.05) is 32.7 Å². The maximum Gasteiger partial charge on any atom is 0.319 e. The molecule has 1 heterocycles. The summed E-state index contributed by atoms with van der Waals surface area (Å²) in [5.74, 6) is -0.204. The Morgan fingerprint density at radius 3 is 2.19 bits per heavy atom. The lowest BCUT2D eigenvalue weighted by atomic mass is 9.84. The number of carbonyl (C=O) groups excluding carboxylic acids is 2. The molecule has 1 unspecified atom stereocenters. The van der Waals surface area contributed by atoms with E-state index in [1.807, 2.05) is 9.80 Å². The minimum absolute atomic E-state index is 0.0897. The summed E-state index contributed by atoms with van der Waals surface area (Å²) >= 11 is 0. The number of hydrogen-bond acceptors (Lipinski definition) is 5. The zero-order chi connectivity index (χ0) is 16.0. The van der Waals surface area contributed by atoms with Crippen LogP contribution in [0, 0.1) is 11.3 Å². The van der Waals surface area contributed by atoms with Crippen LogP contribution in [0.3, 0.4) is 0 Å². The van der Waals surface area contributed by atoms with Crippen LogP contribution in [0.4, 0.5) is 0 Å². The summed E-state index contributed by atoms with van der Waals surface area (Å²) in [7, 11) is 1.39.